The number of anilines is 2. The third-order valence-electron chi connectivity index (χ3n) is 3.94. The first kappa shape index (κ1) is 17.4. The van der Waals surface area contributed by atoms with E-state index in [1.54, 1.807) is 7.11 Å². The smallest absolute Gasteiger partial charge is 0.217 e. The minimum absolute atomic E-state index is 0.294. The molecule has 6 heteroatoms. The number of methoxy groups -OCH3 is 1. The molecule has 1 heterocycles. The van der Waals surface area contributed by atoms with Crippen LogP contribution in [0.25, 0.3) is 11.3 Å². The van der Waals surface area contributed by atoms with Crippen LogP contribution in [0.15, 0.2) is 60.9 Å². The average molecular weight is 348 g/mol. The fourth-order valence-electron chi connectivity index (χ4n) is 2.60. The number of amides is 1. The molecule has 3 rings (SSSR count). The van der Waals surface area contributed by atoms with Gasteiger partial charge in [-0.25, -0.2) is 9.97 Å². The van der Waals surface area contributed by atoms with Crippen molar-refractivity contribution >= 4 is 17.4 Å². The van der Waals surface area contributed by atoms with E-state index in [-0.39, 0.29) is 5.91 Å². The van der Waals surface area contributed by atoms with Crippen molar-refractivity contribution in [3.8, 4) is 17.0 Å². The van der Waals surface area contributed by atoms with Gasteiger partial charge in [0, 0.05) is 23.7 Å². The number of aryl methyl sites for hydroxylation is 1. The van der Waals surface area contributed by atoms with E-state index in [4.69, 9.17) is 10.5 Å². The van der Waals surface area contributed by atoms with Gasteiger partial charge in [-0.15, -0.1) is 0 Å². The highest BCUT2D eigenvalue weighted by Gasteiger charge is 2.08. The number of para-hydroxylation sites is 1. The molecule has 0 fully saturated rings. The molecule has 1 aromatic heterocycles. The molecule has 0 aliphatic rings. The monoisotopic (exact) mass is 348 g/mol. The Bertz CT molecular complexity index is 894. The average Bonchev–Trinajstić information content (AvgIpc) is 2.67. The first-order chi connectivity index (χ1) is 12.7. The van der Waals surface area contributed by atoms with Crippen LogP contribution in [-0.2, 0) is 11.2 Å². The van der Waals surface area contributed by atoms with Gasteiger partial charge in [-0.05, 0) is 36.2 Å². The van der Waals surface area contributed by atoms with Gasteiger partial charge < -0.3 is 15.8 Å². The molecule has 26 heavy (non-hydrogen) atoms. The zero-order valence-electron chi connectivity index (χ0n) is 14.5. The molecule has 1 amide bonds. The molecule has 0 unspecified atom stereocenters. The largest absolute Gasteiger partial charge is 0.496 e. The summed E-state index contributed by atoms with van der Waals surface area (Å²) in [6, 6.07) is 17.4. The number of primary amides is 1. The van der Waals surface area contributed by atoms with Crippen LogP contribution in [0.1, 0.15) is 12.0 Å². The maximum absolute atomic E-state index is 10.9. The van der Waals surface area contributed by atoms with Crippen molar-refractivity contribution < 1.29 is 9.53 Å². The van der Waals surface area contributed by atoms with E-state index in [1.165, 1.54) is 6.33 Å². The number of benzene rings is 2. The van der Waals surface area contributed by atoms with Crippen LogP contribution >= 0.6 is 0 Å². The predicted octanol–water partition coefficient (Wildman–Crippen LogP) is 3.31. The van der Waals surface area contributed by atoms with Crippen molar-refractivity contribution in [2.75, 3.05) is 12.4 Å². The van der Waals surface area contributed by atoms with E-state index in [0.717, 1.165) is 28.3 Å². The predicted molar refractivity (Wildman–Crippen MR) is 101 cm³/mol. The van der Waals surface area contributed by atoms with Gasteiger partial charge in [-0.3, -0.25) is 4.79 Å². The number of hydrogen-bond donors (Lipinski definition) is 2. The summed E-state index contributed by atoms with van der Waals surface area (Å²) in [6.45, 7) is 0. The number of aromatic nitrogens is 2. The third kappa shape index (κ3) is 4.36. The second-order valence-electron chi connectivity index (χ2n) is 5.78. The number of rotatable bonds is 7. The number of nitrogens with zero attached hydrogens (tertiary/aromatic N) is 2. The Kier molecular flexibility index (Phi) is 5.43. The topological polar surface area (TPSA) is 90.1 Å². The first-order valence-corrected chi connectivity index (χ1v) is 8.25. The second kappa shape index (κ2) is 8.11. The van der Waals surface area contributed by atoms with Crippen LogP contribution in [0.5, 0.6) is 5.75 Å². The quantitative estimate of drug-likeness (QED) is 0.683. The molecular formula is C20H20N4O2. The summed E-state index contributed by atoms with van der Waals surface area (Å²) in [7, 11) is 1.64. The van der Waals surface area contributed by atoms with E-state index in [2.05, 4.69) is 15.3 Å². The van der Waals surface area contributed by atoms with Crippen LogP contribution in [0.2, 0.25) is 0 Å². The van der Waals surface area contributed by atoms with Crippen LogP contribution < -0.4 is 15.8 Å². The Morgan fingerprint density at radius 3 is 2.62 bits per heavy atom. The molecule has 0 spiro atoms. The Hall–Kier alpha value is -3.41. The van der Waals surface area contributed by atoms with E-state index in [9.17, 15) is 4.79 Å². The van der Waals surface area contributed by atoms with Crippen LogP contribution in [0.4, 0.5) is 11.5 Å². The van der Waals surface area contributed by atoms with Gasteiger partial charge in [0.2, 0.25) is 5.91 Å². The minimum atomic E-state index is -0.294. The van der Waals surface area contributed by atoms with Crippen molar-refractivity contribution in [3.05, 3.63) is 66.5 Å². The summed E-state index contributed by atoms with van der Waals surface area (Å²) in [6.07, 6.45) is 2.51. The highest BCUT2D eigenvalue weighted by molar-refractivity contribution is 5.74. The summed E-state index contributed by atoms with van der Waals surface area (Å²) in [5.74, 6) is 1.15. The standard InChI is InChI=1S/C20H20N4O2/c1-26-18-5-3-2-4-16(18)17-12-20(23-13-22-17)24-15-9-6-14(7-10-15)8-11-19(21)25/h2-7,9-10,12-13H,8,11H2,1H3,(H2,21,25)(H,22,23,24). The number of carbonyl (C=O) groups is 1. The molecule has 0 atom stereocenters. The second-order valence-corrected chi connectivity index (χ2v) is 5.78. The Morgan fingerprint density at radius 2 is 1.88 bits per heavy atom. The number of nitrogens with one attached hydrogen (secondary N) is 1. The number of hydrogen-bond acceptors (Lipinski definition) is 5. The molecule has 0 aliphatic heterocycles. The molecule has 0 radical (unpaired) electrons. The lowest BCUT2D eigenvalue weighted by atomic mass is 10.1. The van der Waals surface area contributed by atoms with Gasteiger partial charge in [0.15, 0.2) is 0 Å². The first-order valence-electron chi connectivity index (χ1n) is 8.25. The minimum Gasteiger partial charge on any atom is -0.496 e. The van der Waals surface area contributed by atoms with E-state index in [0.29, 0.717) is 18.7 Å². The van der Waals surface area contributed by atoms with Gasteiger partial charge in [-0.1, -0.05) is 24.3 Å². The molecule has 0 saturated heterocycles. The van der Waals surface area contributed by atoms with Crippen molar-refractivity contribution in [2.45, 2.75) is 12.8 Å². The molecule has 0 aliphatic carbocycles. The fourth-order valence-corrected chi connectivity index (χ4v) is 2.60. The summed E-state index contributed by atoms with van der Waals surface area (Å²) >= 11 is 0. The molecule has 0 saturated carbocycles. The fraction of sp³-hybridized carbons (Fsp3) is 0.150. The van der Waals surface area contributed by atoms with E-state index >= 15 is 0 Å². The van der Waals surface area contributed by atoms with E-state index < -0.39 is 0 Å². The Morgan fingerprint density at radius 1 is 1.12 bits per heavy atom. The molecule has 3 N–H and O–H groups in total. The third-order valence-corrected chi connectivity index (χ3v) is 3.94. The van der Waals surface area contributed by atoms with Crippen LogP contribution in [-0.4, -0.2) is 23.0 Å². The molecule has 6 nitrogen and oxygen atoms in total. The van der Waals surface area contributed by atoms with Crippen LogP contribution in [0, 0.1) is 0 Å². The SMILES string of the molecule is COc1ccccc1-c1cc(Nc2ccc(CCC(N)=O)cc2)ncn1. The van der Waals surface area contributed by atoms with Gasteiger partial charge in [0.05, 0.1) is 12.8 Å². The van der Waals surface area contributed by atoms with Crippen molar-refractivity contribution in [2.24, 2.45) is 5.73 Å². The van der Waals surface area contributed by atoms with Crippen molar-refractivity contribution in [3.63, 3.8) is 0 Å². The zero-order valence-corrected chi connectivity index (χ0v) is 14.5. The normalized spacial score (nSPS) is 10.3. The summed E-state index contributed by atoms with van der Waals surface area (Å²) in [5, 5.41) is 3.26. The van der Waals surface area contributed by atoms with Gasteiger partial charge >= 0.3 is 0 Å². The lowest BCUT2D eigenvalue weighted by Gasteiger charge is -2.10. The molecule has 132 valence electrons. The number of carbonyl (C=O) groups excluding carboxylic acids is 1. The summed E-state index contributed by atoms with van der Waals surface area (Å²) < 4.78 is 5.40. The summed E-state index contributed by atoms with van der Waals surface area (Å²) in [5.41, 5.74) is 8.82. The Labute approximate surface area is 152 Å². The molecular weight excluding hydrogens is 328 g/mol. The maximum atomic E-state index is 10.9. The van der Waals surface area contributed by atoms with Gasteiger partial charge in [0.1, 0.15) is 17.9 Å². The molecule has 2 aromatic carbocycles. The summed E-state index contributed by atoms with van der Waals surface area (Å²) in [4.78, 5) is 19.5. The van der Waals surface area contributed by atoms with Crippen molar-refractivity contribution in [1.29, 1.82) is 0 Å². The lowest BCUT2D eigenvalue weighted by molar-refractivity contribution is -0.117. The number of ether oxygens (including phenoxy) is 1. The van der Waals surface area contributed by atoms with Crippen LogP contribution in [0.3, 0.4) is 0 Å². The highest BCUT2D eigenvalue weighted by Crippen LogP contribution is 2.29. The van der Waals surface area contributed by atoms with Crippen molar-refractivity contribution in [1.82, 2.24) is 9.97 Å². The van der Waals surface area contributed by atoms with Gasteiger partial charge in [0.25, 0.3) is 0 Å². The molecule has 0 bridgehead atoms. The zero-order chi connectivity index (χ0) is 18.4. The molecule has 3 aromatic rings. The maximum Gasteiger partial charge on any atom is 0.217 e. The Balaban J connectivity index is 1.76. The van der Waals surface area contributed by atoms with Gasteiger partial charge in [-0.2, -0.15) is 0 Å². The number of nitrogens with two attached hydrogens (primary N) is 1. The highest BCUT2D eigenvalue weighted by atomic mass is 16.5. The van der Waals surface area contributed by atoms with E-state index in [1.807, 2.05) is 54.6 Å². The lowest BCUT2D eigenvalue weighted by Crippen LogP contribution is -2.11.